The van der Waals surface area contributed by atoms with Crippen LogP contribution in [0.3, 0.4) is 0 Å². The van der Waals surface area contributed by atoms with Gasteiger partial charge in [-0.15, -0.1) is 0 Å². The van der Waals surface area contributed by atoms with Gasteiger partial charge in [-0.3, -0.25) is 4.90 Å². The fraction of sp³-hybridized carbons (Fsp3) is 1.00. The summed E-state index contributed by atoms with van der Waals surface area (Å²) < 4.78 is 0. The number of nitrogens with zero attached hydrogens (tertiary/aromatic N) is 1. The number of hydrogen-bond acceptors (Lipinski definition) is 2. The topological polar surface area (TPSA) is 15.3 Å². The van der Waals surface area contributed by atoms with Gasteiger partial charge in [0.05, 0.1) is 0 Å². The lowest BCUT2D eigenvalue weighted by molar-refractivity contribution is 0.0414. The minimum atomic E-state index is 0.481. The van der Waals surface area contributed by atoms with Crippen molar-refractivity contribution in [3.05, 3.63) is 0 Å². The summed E-state index contributed by atoms with van der Waals surface area (Å²) in [4.78, 5) is 2.84. The van der Waals surface area contributed by atoms with Gasteiger partial charge in [0.2, 0.25) is 0 Å². The molecule has 1 aliphatic heterocycles. The Bertz CT molecular complexity index is 289. The Hall–Kier alpha value is -0.0800. The highest BCUT2D eigenvalue weighted by atomic mass is 15.3. The lowest BCUT2D eigenvalue weighted by Crippen LogP contribution is -2.65. The summed E-state index contributed by atoms with van der Waals surface area (Å²) in [5.74, 6) is 0. The summed E-state index contributed by atoms with van der Waals surface area (Å²) in [5.41, 5.74) is 1.15. The van der Waals surface area contributed by atoms with Crippen LogP contribution < -0.4 is 5.32 Å². The molecule has 1 atom stereocenters. The fourth-order valence-corrected chi connectivity index (χ4v) is 4.05. The van der Waals surface area contributed by atoms with E-state index in [4.69, 9.17) is 0 Å². The molecule has 1 spiro atoms. The number of hydrogen-bond donors (Lipinski definition) is 1. The van der Waals surface area contributed by atoms with E-state index in [9.17, 15) is 0 Å². The van der Waals surface area contributed by atoms with E-state index in [1.165, 1.54) is 71.0 Å². The first-order valence-corrected chi connectivity index (χ1v) is 8.14. The molecule has 104 valence electrons. The Kier molecular flexibility index (Phi) is 3.44. The van der Waals surface area contributed by atoms with Gasteiger partial charge in [0.1, 0.15) is 0 Å². The van der Waals surface area contributed by atoms with E-state index in [0.717, 1.165) is 6.04 Å². The lowest BCUT2D eigenvalue weighted by Gasteiger charge is -2.50. The van der Waals surface area contributed by atoms with Crippen LogP contribution >= 0.6 is 0 Å². The first kappa shape index (κ1) is 12.9. The highest BCUT2D eigenvalue weighted by Gasteiger charge is 2.44. The highest BCUT2D eigenvalue weighted by Crippen LogP contribution is 2.46. The van der Waals surface area contributed by atoms with Crippen LogP contribution in [0, 0.1) is 5.41 Å². The summed E-state index contributed by atoms with van der Waals surface area (Å²) >= 11 is 0. The van der Waals surface area contributed by atoms with Crippen molar-refractivity contribution in [3.8, 4) is 0 Å². The van der Waals surface area contributed by atoms with Crippen molar-refractivity contribution in [2.75, 3.05) is 19.6 Å². The van der Waals surface area contributed by atoms with Gasteiger partial charge in [-0.2, -0.15) is 0 Å². The van der Waals surface area contributed by atoms with Gasteiger partial charge in [0.25, 0.3) is 0 Å². The number of nitrogens with one attached hydrogen (secondary N) is 1. The molecule has 2 aliphatic carbocycles. The molecule has 2 nitrogen and oxygen atoms in total. The van der Waals surface area contributed by atoms with Crippen LogP contribution in [0.5, 0.6) is 0 Å². The first-order valence-electron chi connectivity index (χ1n) is 8.14. The van der Waals surface area contributed by atoms with E-state index >= 15 is 0 Å². The van der Waals surface area contributed by atoms with E-state index in [1.807, 2.05) is 0 Å². The van der Waals surface area contributed by atoms with Crippen molar-refractivity contribution in [1.82, 2.24) is 10.2 Å². The maximum Gasteiger partial charge on any atom is 0.0309 e. The van der Waals surface area contributed by atoms with Gasteiger partial charge >= 0.3 is 0 Å². The highest BCUT2D eigenvalue weighted by molar-refractivity contribution is 5.02. The van der Waals surface area contributed by atoms with Gasteiger partial charge in [-0.05, 0) is 37.5 Å². The van der Waals surface area contributed by atoms with E-state index in [0.29, 0.717) is 11.0 Å². The summed E-state index contributed by atoms with van der Waals surface area (Å²) in [7, 11) is 0. The molecule has 2 saturated carbocycles. The molecule has 18 heavy (non-hydrogen) atoms. The van der Waals surface area contributed by atoms with Gasteiger partial charge < -0.3 is 5.32 Å². The lowest BCUT2D eigenvalue weighted by atomic mass is 9.79. The Labute approximate surface area is 113 Å². The summed E-state index contributed by atoms with van der Waals surface area (Å²) in [6.07, 6.45) is 11.4. The maximum atomic E-state index is 3.93. The number of piperazine rings is 1. The summed E-state index contributed by atoms with van der Waals surface area (Å²) in [6.45, 7) is 8.74. The van der Waals surface area contributed by atoms with Crippen LogP contribution in [-0.4, -0.2) is 36.1 Å². The van der Waals surface area contributed by atoms with Crippen molar-refractivity contribution in [3.63, 3.8) is 0 Å². The maximum absolute atomic E-state index is 3.93. The minimum absolute atomic E-state index is 0.481. The van der Waals surface area contributed by atoms with E-state index < -0.39 is 0 Å². The Morgan fingerprint density at radius 3 is 2.44 bits per heavy atom. The van der Waals surface area contributed by atoms with Gasteiger partial charge in [0.15, 0.2) is 0 Å². The standard InChI is InChI=1S/C16H30N2/c1-3-14-11-17-16(7-5-4-6-8-16)13-18(14)12-15(2)9-10-15/h14,17H,3-13H2,1-2H3. The summed E-state index contributed by atoms with van der Waals surface area (Å²) in [6, 6.07) is 0.787. The zero-order chi connectivity index (χ0) is 12.6. The molecule has 0 aromatic rings. The molecule has 1 saturated heterocycles. The predicted octanol–water partition coefficient (Wildman–Crippen LogP) is 3.17. The Balaban J connectivity index is 1.67. The third kappa shape index (κ3) is 2.60. The molecule has 1 unspecified atom stereocenters. The predicted molar refractivity (Wildman–Crippen MR) is 76.8 cm³/mol. The molecule has 0 bridgehead atoms. The molecule has 1 heterocycles. The molecule has 3 rings (SSSR count). The molecular formula is C16H30N2. The molecule has 0 amide bonds. The van der Waals surface area contributed by atoms with Crippen molar-refractivity contribution >= 4 is 0 Å². The van der Waals surface area contributed by atoms with E-state index in [1.54, 1.807) is 0 Å². The third-order valence-electron chi connectivity index (χ3n) is 5.71. The molecule has 1 N–H and O–H groups in total. The molecule has 3 fully saturated rings. The Morgan fingerprint density at radius 1 is 1.11 bits per heavy atom. The molecular weight excluding hydrogens is 220 g/mol. The molecule has 0 radical (unpaired) electrons. The van der Waals surface area contributed by atoms with Crippen LogP contribution in [-0.2, 0) is 0 Å². The Morgan fingerprint density at radius 2 is 1.83 bits per heavy atom. The van der Waals surface area contributed by atoms with Crippen LogP contribution in [0.2, 0.25) is 0 Å². The van der Waals surface area contributed by atoms with Gasteiger partial charge in [0, 0.05) is 31.2 Å². The fourth-order valence-electron chi connectivity index (χ4n) is 4.05. The van der Waals surface area contributed by atoms with Crippen molar-refractivity contribution in [2.45, 2.75) is 76.8 Å². The normalized spacial score (nSPS) is 34.7. The second kappa shape index (κ2) is 4.79. The molecule has 0 aromatic carbocycles. The van der Waals surface area contributed by atoms with Crippen LogP contribution in [0.15, 0.2) is 0 Å². The van der Waals surface area contributed by atoms with Crippen molar-refractivity contribution in [2.24, 2.45) is 5.41 Å². The van der Waals surface area contributed by atoms with Crippen LogP contribution in [0.4, 0.5) is 0 Å². The minimum Gasteiger partial charge on any atom is -0.308 e. The zero-order valence-electron chi connectivity index (χ0n) is 12.3. The quantitative estimate of drug-likeness (QED) is 0.827. The molecule has 3 aliphatic rings. The molecule has 2 heteroatoms. The zero-order valence-corrected chi connectivity index (χ0v) is 12.3. The first-order chi connectivity index (χ1) is 8.65. The van der Waals surface area contributed by atoms with E-state index in [2.05, 4.69) is 24.1 Å². The molecule has 0 aromatic heterocycles. The van der Waals surface area contributed by atoms with E-state index in [-0.39, 0.29) is 0 Å². The van der Waals surface area contributed by atoms with Crippen LogP contribution in [0.25, 0.3) is 0 Å². The second-order valence-electron chi connectivity index (χ2n) is 7.50. The average Bonchev–Trinajstić information content (AvgIpc) is 3.08. The van der Waals surface area contributed by atoms with Crippen LogP contribution in [0.1, 0.15) is 65.2 Å². The SMILES string of the molecule is CCC1CNC2(CCCCC2)CN1CC1(C)CC1. The number of rotatable bonds is 3. The summed E-state index contributed by atoms with van der Waals surface area (Å²) in [5, 5.41) is 3.93. The smallest absolute Gasteiger partial charge is 0.0309 e. The van der Waals surface area contributed by atoms with Crippen molar-refractivity contribution in [1.29, 1.82) is 0 Å². The van der Waals surface area contributed by atoms with Gasteiger partial charge in [-0.1, -0.05) is 33.1 Å². The van der Waals surface area contributed by atoms with Gasteiger partial charge in [-0.25, -0.2) is 0 Å². The third-order valence-corrected chi connectivity index (χ3v) is 5.71. The second-order valence-corrected chi connectivity index (χ2v) is 7.50. The van der Waals surface area contributed by atoms with Crippen molar-refractivity contribution < 1.29 is 0 Å². The average molecular weight is 250 g/mol. The monoisotopic (exact) mass is 250 g/mol. The largest absolute Gasteiger partial charge is 0.308 e.